The Bertz CT molecular complexity index is 1030. The third-order valence-corrected chi connectivity index (χ3v) is 4.85. The zero-order valence-corrected chi connectivity index (χ0v) is 16.4. The first-order chi connectivity index (χ1) is 13.0. The summed E-state index contributed by atoms with van der Waals surface area (Å²) in [6.07, 6.45) is 0.620. The number of benzene rings is 2. The predicted molar refractivity (Wildman–Crippen MR) is 107 cm³/mol. The van der Waals surface area contributed by atoms with E-state index in [9.17, 15) is 17.6 Å². The Morgan fingerprint density at radius 3 is 2.61 bits per heavy atom. The Kier molecular flexibility index (Phi) is 6.63. The molecule has 0 saturated carbocycles. The molecule has 0 aliphatic heterocycles. The molecule has 0 aromatic heterocycles. The van der Waals surface area contributed by atoms with Crippen LogP contribution in [-0.2, 0) is 14.8 Å². The summed E-state index contributed by atoms with van der Waals surface area (Å²) in [5.74, 6) is -2.67. The van der Waals surface area contributed by atoms with Gasteiger partial charge in [0.25, 0.3) is 0 Å². The number of aliphatic carboxylic acids is 1. The normalized spacial score (nSPS) is 12.4. The molecule has 0 heterocycles. The summed E-state index contributed by atoms with van der Waals surface area (Å²) in [7, 11) is -3.60. The molecular formula is C18H19ClFN3O4S. The minimum atomic E-state index is -3.60. The molecule has 0 amide bonds. The van der Waals surface area contributed by atoms with Crippen LogP contribution < -0.4 is 10.5 Å². The smallest absolute Gasteiger partial charge is 0.303 e. The third-order valence-electron chi connectivity index (χ3n) is 4.02. The SMILES string of the molecule is CS(=O)(=O)Nc1cccc(C(=N)C(CCC(=O)O)c2ccc(Cl)cc2F)c1N. The molecule has 0 bridgehead atoms. The van der Waals surface area contributed by atoms with E-state index in [1.807, 2.05) is 0 Å². The van der Waals surface area contributed by atoms with E-state index in [1.54, 1.807) is 0 Å². The van der Waals surface area contributed by atoms with Crippen molar-refractivity contribution in [3.63, 3.8) is 0 Å². The molecule has 0 aliphatic carbocycles. The molecule has 1 atom stereocenters. The number of carbonyl (C=O) groups is 1. The number of nitrogen functional groups attached to an aromatic ring is 1. The van der Waals surface area contributed by atoms with Crippen LogP contribution in [-0.4, -0.2) is 31.5 Å². The van der Waals surface area contributed by atoms with E-state index in [2.05, 4.69) is 4.72 Å². The minimum absolute atomic E-state index is 0.00683. The summed E-state index contributed by atoms with van der Waals surface area (Å²) in [6, 6.07) is 8.36. The lowest BCUT2D eigenvalue weighted by Crippen LogP contribution is -2.19. The van der Waals surface area contributed by atoms with Crippen molar-refractivity contribution in [3.8, 4) is 0 Å². The van der Waals surface area contributed by atoms with Gasteiger partial charge in [0.15, 0.2) is 0 Å². The van der Waals surface area contributed by atoms with E-state index >= 15 is 0 Å². The van der Waals surface area contributed by atoms with Gasteiger partial charge in [-0.15, -0.1) is 0 Å². The second-order valence-electron chi connectivity index (χ2n) is 6.21. The highest BCUT2D eigenvalue weighted by Gasteiger charge is 2.25. The average molecular weight is 428 g/mol. The summed E-state index contributed by atoms with van der Waals surface area (Å²) in [4.78, 5) is 11.0. The zero-order chi connectivity index (χ0) is 21.1. The van der Waals surface area contributed by atoms with Crippen LogP contribution in [0.4, 0.5) is 15.8 Å². The molecule has 150 valence electrons. The Balaban J connectivity index is 2.50. The highest BCUT2D eigenvalue weighted by molar-refractivity contribution is 7.92. The minimum Gasteiger partial charge on any atom is -0.481 e. The lowest BCUT2D eigenvalue weighted by molar-refractivity contribution is -0.137. The molecule has 10 heteroatoms. The molecular weight excluding hydrogens is 409 g/mol. The van der Waals surface area contributed by atoms with E-state index in [4.69, 9.17) is 27.9 Å². The number of nitrogens with two attached hydrogens (primary N) is 1. The van der Waals surface area contributed by atoms with Crippen molar-refractivity contribution in [3.05, 3.63) is 58.4 Å². The van der Waals surface area contributed by atoms with Crippen molar-refractivity contribution in [2.45, 2.75) is 18.8 Å². The van der Waals surface area contributed by atoms with Crippen molar-refractivity contribution < 1.29 is 22.7 Å². The van der Waals surface area contributed by atoms with Gasteiger partial charge in [-0.1, -0.05) is 29.8 Å². The second kappa shape index (κ2) is 8.57. The number of carboxylic acid groups (broad SMARTS) is 1. The molecule has 7 nitrogen and oxygen atoms in total. The molecule has 2 rings (SSSR count). The van der Waals surface area contributed by atoms with Crippen LogP contribution in [0.25, 0.3) is 0 Å². The van der Waals surface area contributed by atoms with Crippen molar-refractivity contribution in [1.82, 2.24) is 0 Å². The number of sulfonamides is 1. The number of anilines is 2. The summed E-state index contributed by atoms with van der Waals surface area (Å²) in [6.45, 7) is 0. The second-order valence-corrected chi connectivity index (χ2v) is 8.39. The first-order valence-electron chi connectivity index (χ1n) is 8.11. The van der Waals surface area contributed by atoms with Crippen LogP contribution in [0.15, 0.2) is 36.4 Å². The van der Waals surface area contributed by atoms with Crippen molar-refractivity contribution in [2.75, 3.05) is 16.7 Å². The van der Waals surface area contributed by atoms with Gasteiger partial charge in [-0.25, -0.2) is 12.8 Å². The molecule has 0 fully saturated rings. The summed E-state index contributed by atoms with van der Waals surface area (Å²) >= 11 is 5.78. The number of hydrogen-bond donors (Lipinski definition) is 4. The van der Waals surface area contributed by atoms with Gasteiger partial charge in [-0.2, -0.15) is 0 Å². The molecule has 28 heavy (non-hydrogen) atoms. The maximum atomic E-state index is 14.5. The van der Waals surface area contributed by atoms with E-state index in [-0.39, 0.29) is 46.1 Å². The standard InChI is InChI=1S/C18H19ClFN3O4S/c1-28(26,27)23-15-4-2-3-13(18(15)22)17(21)12(7-8-16(24)25)11-6-5-10(19)9-14(11)20/h2-6,9,12,21,23H,7-8,22H2,1H3,(H,24,25). The third kappa shape index (κ3) is 5.43. The monoisotopic (exact) mass is 427 g/mol. The average Bonchev–Trinajstić information content (AvgIpc) is 2.57. The Morgan fingerprint density at radius 2 is 2.04 bits per heavy atom. The Labute approximate surface area is 166 Å². The van der Waals surface area contributed by atoms with Crippen LogP contribution >= 0.6 is 11.6 Å². The molecule has 1 unspecified atom stereocenters. The number of hydrogen-bond acceptors (Lipinski definition) is 5. The first kappa shape index (κ1) is 21.6. The van der Waals surface area contributed by atoms with Crippen molar-refractivity contribution in [1.29, 1.82) is 5.41 Å². The van der Waals surface area contributed by atoms with Crippen molar-refractivity contribution in [2.24, 2.45) is 0 Å². The fourth-order valence-corrected chi connectivity index (χ4v) is 3.52. The number of nitrogens with one attached hydrogen (secondary N) is 2. The molecule has 0 saturated heterocycles. The quantitative estimate of drug-likeness (QED) is 0.378. The van der Waals surface area contributed by atoms with Gasteiger partial charge in [0.05, 0.1) is 17.6 Å². The molecule has 0 aliphatic rings. The number of rotatable bonds is 8. The Hall–Kier alpha value is -2.65. The summed E-state index contributed by atoms with van der Waals surface area (Å²) in [5.41, 5.74) is 6.26. The largest absolute Gasteiger partial charge is 0.481 e. The van der Waals surface area contributed by atoms with Crippen molar-refractivity contribution >= 4 is 44.7 Å². The summed E-state index contributed by atoms with van der Waals surface area (Å²) < 4.78 is 39.7. The highest BCUT2D eigenvalue weighted by Crippen LogP contribution is 2.33. The molecule has 5 N–H and O–H groups in total. The number of carboxylic acids is 1. The van der Waals surface area contributed by atoms with Gasteiger partial charge in [-0.05, 0) is 30.2 Å². The predicted octanol–water partition coefficient (Wildman–Crippen LogP) is 3.45. The van der Waals surface area contributed by atoms with E-state index in [0.29, 0.717) is 0 Å². The lowest BCUT2D eigenvalue weighted by atomic mass is 9.85. The topological polar surface area (TPSA) is 133 Å². The lowest BCUT2D eigenvalue weighted by Gasteiger charge is -2.21. The van der Waals surface area contributed by atoms with Gasteiger partial charge in [0, 0.05) is 28.6 Å². The fraction of sp³-hybridized carbons (Fsp3) is 0.222. The van der Waals surface area contributed by atoms with E-state index in [0.717, 1.165) is 12.3 Å². The maximum Gasteiger partial charge on any atom is 0.303 e. The van der Waals surface area contributed by atoms with Gasteiger partial charge < -0.3 is 16.2 Å². The number of halogens is 2. The maximum absolute atomic E-state index is 14.5. The van der Waals surface area contributed by atoms with Gasteiger partial charge >= 0.3 is 5.97 Å². The summed E-state index contributed by atoms with van der Waals surface area (Å²) in [5, 5.41) is 17.7. The first-order valence-corrected chi connectivity index (χ1v) is 10.4. The molecule has 2 aromatic carbocycles. The molecule has 0 spiro atoms. The molecule has 0 radical (unpaired) electrons. The Morgan fingerprint density at radius 1 is 1.36 bits per heavy atom. The van der Waals surface area contributed by atoms with Gasteiger partial charge in [-0.3, -0.25) is 9.52 Å². The van der Waals surface area contributed by atoms with Gasteiger partial charge in [0.1, 0.15) is 5.82 Å². The van der Waals surface area contributed by atoms with Crippen LogP contribution in [0.3, 0.4) is 0 Å². The molecule has 2 aromatic rings. The van der Waals surface area contributed by atoms with E-state index in [1.165, 1.54) is 30.3 Å². The van der Waals surface area contributed by atoms with Crippen LogP contribution in [0.2, 0.25) is 5.02 Å². The van der Waals surface area contributed by atoms with Crippen LogP contribution in [0, 0.1) is 11.2 Å². The zero-order valence-electron chi connectivity index (χ0n) is 14.9. The van der Waals surface area contributed by atoms with Gasteiger partial charge in [0.2, 0.25) is 10.0 Å². The fourth-order valence-electron chi connectivity index (χ4n) is 2.78. The van der Waals surface area contributed by atoms with Crippen LogP contribution in [0.5, 0.6) is 0 Å². The number of para-hydroxylation sites is 1. The van der Waals surface area contributed by atoms with E-state index < -0.39 is 27.7 Å². The highest BCUT2D eigenvalue weighted by atomic mass is 35.5. The van der Waals surface area contributed by atoms with Crippen LogP contribution in [0.1, 0.15) is 29.9 Å².